The number of piperidine rings is 4. The van der Waals surface area contributed by atoms with Gasteiger partial charge in [-0.3, -0.25) is 4.79 Å². The van der Waals surface area contributed by atoms with Gasteiger partial charge in [-0.05, 0) is 63.7 Å². The molecule has 5 rings (SSSR count). The van der Waals surface area contributed by atoms with Crippen molar-refractivity contribution in [2.75, 3.05) is 32.7 Å². The van der Waals surface area contributed by atoms with Gasteiger partial charge in [0.2, 0.25) is 15.9 Å². The van der Waals surface area contributed by atoms with Crippen LogP contribution in [0, 0.1) is 18.8 Å². The number of sulfonamides is 1. The molecule has 0 radical (unpaired) electrons. The van der Waals surface area contributed by atoms with Crippen LogP contribution in [-0.4, -0.2) is 62.3 Å². The van der Waals surface area contributed by atoms with Crippen LogP contribution in [0.5, 0.6) is 0 Å². The first-order chi connectivity index (χ1) is 12.9. The molecule has 1 N–H and O–H groups in total. The van der Waals surface area contributed by atoms with Crippen LogP contribution in [0.1, 0.15) is 31.2 Å². The Bertz CT molecular complexity index is 777. The average molecular weight is 392 g/mol. The fraction of sp³-hybridized carbons (Fsp3) is 0.650. The van der Waals surface area contributed by atoms with Crippen LogP contribution in [-0.2, 0) is 14.8 Å². The van der Waals surface area contributed by atoms with Gasteiger partial charge in [0, 0.05) is 31.6 Å². The molecule has 1 unspecified atom stereocenters. The molecule has 4 saturated heterocycles. The van der Waals surface area contributed by atoms with Crippen LogP contribution in [0.4, 0.5) is 0 Å². The van der Waals surface area contributed by atoms with Crippen LogP contribution in [0.2, 0.25) is 0 Å². The van der Waals surface area contributed by atoms with Crippen molar-refractivity contribution in [2.24, 2.45) is 11.8 Å². The van der Waals surface area contributed by atoms with Crippen LogP contribution >= 0.6 is 0 Å². The van der Waals surface area contributed by atoms with Crippen molar-refractivity contribution in [3.8, 4) is 0 Å². The van der Waals surface area contributed by atoms with Crippen molar-refractivity contribution in [1.82, 2.24) is 14.5 Å². The summed E-state index contributed by atoms with van der Waals surface area (Å²) in [6.07, 6.45) is 3.55. The van der Waals surface area contributed by atoms with Gasteiger partial charge in [-0.25, -0.2) is 8.42 Å². The van der Waals surface area contributed by atoms with E-state index in [9.17, 15) is 13.2 Å². The molecule has 4 aliphatic rings. The molecule has 27 heavy (non-hydrogen) atoms. The number of nitrogens with zero attached hydrogens (tertiary/aromatic N) is 2. The van der Waals surface area contributed by atoms with Crippen LogP contribution in [0.15, 0.2) is 29.2 Å². The first kappa shape index (κ1) is 18.9. The molecule has 0 aromatic heterocycles. The Morgan fingerprint density at radius 3 is 2.19 bits per heavy atom. The molecular weight excluding hydrogens is 362 g/mol. The number of carbonyl (C=O) groups excluding carboxylic acids is 1. The van der Waals surface area contributed by atoms with Gasteiger partial charge in [-0.2, -0.15) is 4.31 Å². The first-order valence-corrected chi connectivity index (χ1v) is 11.5. The van der Waals surface area contributed by atoms with E-state index in [1.54, 1.807) is 12.1 Å². The van der Waals surface area contributed by atoms with Crippen molar-refractivity contribution in [3.05, 3.63) is 29.8 Å². The van der Waals surface area contributed by atoms with E-state index in [-0.39, 0.29) is 17.9 Å². The fourth-order valence-corrected chi connectivity index (χ4v) is 6.12. The molecule has 4 aliphatic heterocycles. The summed E-state index contributed by atoms with van der Waals surface area (Å²) in [6, 6.07) is 7.24. The number of fused-ring (bicyclic) bond motifs is 3. The lowest BCUT2D eigenvalue weighted by Crippen LogP contribution is -2.58. The van der Waals surface area contributed by atoms with Crippen LogP contribution < -0.4 is 5.32 Å². The second kappa shape index (κ2) is 7.53. The number of carbonyl (C=O) groups is 1. The molecule has 1 aromatic carbocycles. The average Bonchev–Trinajstić information content (AvgIpc) is 2.69. The van der Waals surface area contributed by atoms with E-state index >= 15 is 0 Å². The maximum atomic E-state index is 12.8. The van der Waals surface area contributed by atoms with E-state index in [1.807, 2.05) is 19.1 Å². The third kappa shape index (κ3) is 3.91. The standard InChI is InChI=1S/C20H29N3O3S/c1-15-2-4-18(5-3-15)27(25,26)23-12-8-17(9-13-23)20(24)21-19-14-22-10-6-16(19)7-11-22/h2-5,16-17,19H,6-14H2,1H3,(H,21,24). The molecular formula is C20H29N3O3S. The van der Waals surface area contributed by atoms with Gasteiger partial charge in [0.05, 0.1) is 4.90 Å². The van der Waals surface area contributed by atoms with Crippen LogP contribution in [0.25, 0.3) is 0 Å². The Hall–Kier alpha value is -1.44. The Labute approximate surface area is 162 Å². The van der Waals surface area contributed by atoms with Gasteiger partial charge in [-0.1, -0.05) is 17.7 Å². The van der Waals surface area contributed by atoms with Crippen molar-refractivity contribution in [3.63, 3.8) is 0 Å². The zero-order valence-corrected chi connectivity index (χ0v) is 16.7. The molecule has 1 atom stereocenters. The molecule has 0 spiro atoms. The predicted molar refractivity (Wildman–Crippen MR) is 104 cm³/mol. The fourth-order valence-electron chi connectivity index (χ4n) is 4.65. The number of hydrogen-bond acceptors (Lipinski definition) is 4. The SMILES string of the molecule is Cc1ccc(S(=O)(=O)N2CCC(C(=O)NC3CN4CCC3CC4)CC2)cc1. The Balaban J connectivity index is 1.33. The minimum absolute atomic E-state index is 0.0788. The summed E-state index contributed by atoms with van der Waals surface area (Å²) in [7, 11) is -3.47. The molecule has 1 amide bonds. The van der Waals surface area contributed by atoms with Crippen molar-refractivity contribution < 1.29 is 13.2 Å². The van der Waals surface area contributed by atoms with Crippen molar-refractivity contribution in [1.29, 1.82) is 0 Å². The number of benzene rings is 1. The van der Waals surface area contributed by atoms with E-state index in [0.717, 1.165) is 25.2 Å². The van der Waals surface area contributed by atoms with Gasteiger partial charge in [0.25, 0.3) is 0 Å². The van der Waals surface area contributed by atoms with E-state index in [2.05, 4.69) is 10.2 Å². The summed E-state index contributed by atoms with van der Waals surface area (Å²) in [5.41, 5.74) is 1.04. The maximum absolute atomic E-state index is 12.8. The van der Waals surface area contributed by atoms with Crippen LogP contribution in [0.3, 0.4) is 0 Å². The summed E-state index contributed by atoms with van der Waals surface area (Å²) in [4.78, 5) is 15.5. The number of nitrogens with one attached hydrogen (secondary N) is 1. The summed E-state index contributed by atoms with van der Waals surface area (Å²) < 4.78 is 27.1. The van der Waals surface area contributed by atoms with Gasteiger partial charge >= 0.3 is 0 Å². The van der Waals surface area contributed by atoms with E-state index < -0.39 is 10.0 Å². The topological polar surface area (TPSA) is 69.7 Å². The summed E-state index contributed by atoms with van der Waals surface area (Å²) in [5, 5.41) is 3.26. The molecule has 0 aliphatic carbocycles. The predicted octanol–water partition coefficient (Wildman–Crippen LogP) is 1.61. The third-order valence-corrected chi connectivity index (χ3v) is 8.38. The number of amides is 1. The quantitative estimate of drug-likeness (QED) is 0.847. The lowest BCUT2D eigenvalue weighted by molar-refractivity contribution is -0.128. The highest BCUT2D eigenvalue weighted by atomic mass is 32.2. The minimum Gasteiger partial charge on any atom is -0.352 e. The molecule has 6 nitrogen and oxygen atoms in total. The van der Waals surface area contributed by atoms with E-state index in [1.165, 1.54) is 17.1 Å². The second-order valence-corrected chi connectivity index (χ2v) is 10.2. The molecule has 2 bridgehead atoms. The second-order valence-electron chi connectivity index (χ2n) is 8.24. The highest BCUT2D eigenvalue weighted by Gasteiger charge is 2.37. The molecule has 148 valence electrons. The normalized spacial score (nSPS) is 29.6. The summed E-state index contributed by atoms with van der Waals surface area (Å²) in [5.74, 6) is 0.645. The summed E-state index contributed by atoms with van der Waals surface area (Å²) >= 11 is 0. The first-order valence-electron chi connectivity index (χ1n) is 10.0. The molecule has 1 aromatic rings. The van der Waals surface area contributed by atoms with E-state index in [0.29, 0.717) is 36.7 Å². The Kier molecular flexibility index (Phi) is 5.27. The molecule has 0 saturated carbocycles. The highest BCUT2D eigenvalue weighted by Crippen LogP contribution is 2.29. The number of hydrogen-bond donors (Lipinski definition) is 1. The smallest absolute Gasteiger partial charge is 0.243 e. The van der Waals surface area contributed by atoms with Gasteiger partial charge in [0.1, 0.15) is 0 Å². The maximum Gasteiger partial charge on any atom is 0.243 e. The third-order valence-electron chi connectivity index (χ3n) is 6.47. The largest absolute Gasteiger partial charge is 0.352 e. The molecule has 4 heterocycles. The molecule has 7 heteroatoms. The minimum atomic E-state index is -3.47. The van der Waals surface area contributed by atoms with Gasteiger partial charge in [-0.15, -0.1) is 0 Å². The van der Waals surface area contributed by atoms with Gasteiger partial charge < -0.3 is 10.2 Å². The monoisotopic (exact) mass is 391 g/mol. The Morgan fingerprint density at radius 2 is 1.63 bits per heavy atom. The van der Waals surface area contributed by atoms with Crippen molar-refractivity contribution >= 4 is 15.9 Å². The number of aryl methyl sites for hydroxylation is 1. The zero-order chi connectivity index (χ0) is 19.0. The van der Waals surface area contributed by atoms with Gasteiger partial charge in [0.15, 0.2) is 0 Å². The van der Waals surface area contributed by atoms with E-state index in [4.69, 9.17) is 0 Å². The van der Waals surface area contributed by atoms with Crippen molar-refractivity contribution in [2.45, 2.75) is 43.5 Å². The Morgan fingerprint density at radius 1 is 1.00 bits per heavy atom. The summed E-state index contributed by atoms with van der Waals surface area (Å²) in [6.45, 7) is 6.05. The highest BCUT2D eigenvalue weighted by molar-refractivity contribution is 7.89. The lowest BCUT2D eigenvalue weighted by Gasteiger charge is -2.45. The lowest BCUT2D eigenvalue weighted by atomic mass is 9.83. The molecule has 4 fully saturated rings. The number of rotatable bonds is 4. The zero-order valence-electron chi connectivity index (χ0n) is 15.9.